The van der Waals surface area contributed by atoms with Crippen LogP contribution in [0.3, 0.4) is 0 Å². The SMILES string of the molecule is Cl.Cl.NCc1c(Cl)cncc1Cl. The number of rotatable bonds is 1. The summed E-state index contributed by atoms with van der Waals surface area (Å²) in [7, 11) is 0. The highest BCUT2D eigenvalue weighted by Crippen LogP contribution is 2.21. The Kier molecular flexibility index (Phi) is 8.31. The van der Waals surface area contributed by atoms with Crippen molar-refractivity contribution >= 4 is 48.0 Å². The highest BCUT2D eigenvalue weighted by molar-refractivity contribution is 6.35. The van der Waals surface area contributed by atoms with E-state index in [2.05, 4.69) is 4.98 Å². The molecule has 2 N–H and O–H groups in total. The van der Waals surface area contributed by atoms with Crippen molar-refractivity contribution in [3.63, 3.8) is 0 Å². The molecular formula is C6H8Cl4N2. The Balaban J connectivity index is 0. The molecule has 6 heteroatoms. The molecule has 0 radical (unpaired) electrons. The van der Waals surface area contributed by atoms with E-state index in [9.17, 15) is 0 Å². The van der Waals surface area contributed by atoms with Crippen LogP contribution in [0.2, 0.25) is 10.0 Å². The number of hydrogen-bond acceptors (Lipinski definition) is 2. The Bertz CT molecular complexity index is 221. The van der Waals surface area contributed by atoms with Gasteiger partial charge in [-0.25, -0.2) is 0 Å². The van der Waals surface area contributed by atoms with Gasteiger partial charge in [0, 0.05) is 24.5 Å². The highest BCUT2D eigenvalue weighted by atomic mass is 35.5. The molecule has 0 aliphatic rings. The first kappa shape index (κ1) is 14.8. The molecule has 12 heavy (non-hydrogen) atoms. The molecular weight excluding hydrogens is 242 g/mol. The van der Waals surface area contributed by atoms with Gasteiger partial charge in [0.25, 0.3) is 0 Å². The summed E-state index contributed by atoms with van der Waals surface area (Å²) in [6.45, 7) is 0.347. The molecule has 0 atom stereocenters. The average molecular weight is 250 g/mol. The zero-order valence-corrected chi connectivity index (χ0v) is 9.10. The van der Waals surface area contributed by atoms with Gasteiger partial charge < -0.3 is 5.73 Å². The second-order valence-electron chi connectivity index (χ2n) is 1.79. The predicted molar refractivity (Wildman–Crippen MR) is 56.6 cm³/mol. The molecule has 1 rings (SSSR count). The Morgan fingerprint density at radius 1 is 1.17 bits per heavy atom. The second-order valence-corrected chi connectivity index (χ2v) is 2.60. The summed E-state index contributed by atoms with van der Waals surface area (Å²) in [5.74, 6) is 0. The van der Waals surface area contributed by atoms with Gasteiger partial charge in [-0.2, -0.15) is 0 Å². The van der Waals surface area contributed by atoms with Crippen LogP contribution < -0.4 is 5.73 Å². The van der Waals surface area contributed by atoms with Gasteiger partial charge in [-0.05, 0) is 0 Å². The predicted octanol–water partition coefficient (Wildman–Crippen LogP) is 2.69. The lowest BCUT2D eigenvalue weighted by Gasteiger charge is -2.00. The van der Waals surface area contributed by atoms with Gasteiger partial charge in [-0.3, -0.25) is 4.98 Å². The lowest BCUT2D eigenvalue weighted by molar-refractivity contribution is 1.06. The van der Waals surface area contributed by atoms with Gasteiger partial charge in [0.2, 0.25) is 0 Å². The maximum absolute atomic E-state index is 5.70. The second kappa shape index (κ2) is 6.75. The van der Waals surface area contributed by atoms with Crippen LogP contribution in [0.25, 0.3) is 0 Å². The third-order valence-corrected chi connectivity index (χ3v) is 1.81. The molecule has 0 spiro atoms. The minimum Gasteiger partial charge on any atom is -0.326 e. The van der Waals surface area contributed by atoms with Crippen LogP contribution in [0.15, 0.2) is 12.4 Å². The van der Waals surface area contributed by atoms with Gasteiger partial charge in [-0.15, -0.1) is 24.8 Å². The minimum absolute atomic E-state index is 0. The standard InChI is InChI=1S/C6H6Cl2N2.2ClH/c7-5-2-10-3-6(8)4(5)1-9;;/h2-3H,1,9H2;2*1H. The zero-order chi connectivity index (χ0) is 7.56. The van der Waals surface area contributed by atoms with Crippen LogP contribution in [-0.4, -0.2) is 4.98 Å². The summed E-state index contributed by atoms with van der Waals surface area (Å²) in [6, 6.07) is 0. The first-order chi connectivity index (χ1) is 4.75. The van der Waals surface area contributed by atoms with Crippen molar-refractivity contribution in [1.82, 2.24) is 4.98 Å². The topological polar surface area (TPSA) is 38.9 Å². The van der Waals surface area contributed by atoms with Crippen molar-refractivity contribution in [3.05, 3.63) is 28.0 Å². The van der Waals surface area contributed by atoms with E-state index in [1.54, 1.807) is 0 Å². The lowest BCUT2D eigenvalue weighted by Crippen LogP contribution is -1.98. The number of halogens is 4. The van der Waals surface area contributed by atoms with Crippen molar-refractivity contribution in [2.75, 3.05) is 0 Å². The fraction of sp³-hybridized carbons (Fsp3) is 0.167. The number of aromatic nitrogens is 1. The molecule has 0 aromatic carbocycles. The summed E-state index contributed by atoms with van der Waals surface area (Å²) in [5.41, 5.74) is 6.10. The van der Waals surface area contributed by atoms with Gasteiger partial charge in [-0.1, -0.05) is 23.2 Å². The van der Waals surface area contributed by atoms with Crippen molar-refractivity contribution in [2.24, 2.45) is 5.73 Å². The van der Waals surface area contributed by atoms with E-state index < -0.39 is 0 Å². The fourth-order valence-corrected chi connectivity index (χ4v) is 1.15. The molecule has 0 unspecified atom stereocenters. The summed E-state index contributed by atoms with van der Waals surface area (Å²) < 4.78 is 0. The molecule has 0 saturated carbocycles. The first-order valence-electron chi connectivity index (χ1n) is 2.73. The Morgan fingerprint density at radius 2 is 1.58 bits per heavy atom. The summed E-state index contributed by atoms with van der Waals surface area (Å²) in [4.78, 5) is 3.77. The zero-order valence-electron chi connectivity index (χ0n) is 5.96. The summed E-state index contributed by atoms with van der Waals surface area (Å²) >= 11 is 11.4. The number of pyridine rings is 1. The lowest BCUT2D eigenvalue weighted by atomic mass is 10.3. The molecule has 1 aromatic rings. The minimum atomic E-state index is 0. The Hall–Kier alpha value is 0.270. The van der Waals surface area contributed by atoms with E-state index in [4.69, 9.17) is 28.9 Å². The van der Waals surface area contributed by atoms with Crippen LogP contribution in [0.4, 0.5) is 0 Å². The van der Waals surface area contributed by atoms with Crippen molar-refractivity contribution in [2.45, 2.75) is 6.54 Å². The fourth-order valence-electron chi connectivity index (χ4n) is 0.633. The quantitative estimate of drug-likeness (QED) is 0.832. The first-order valence-corrected chi connectivity index (χ1v) is 3.49. The van der Waals surface area contributed by atoms with Crippen LogP contribution in [0.5, 0.6) is 0 Å². The molecule has 0 amide bonds. The average Bonchev–Trinajstić information content (AvgIpc) is 1.88. The smallest absolute Gasteiger partial charge is 0.0649 e. The van der Waals surface area contributed by atoms with Gasteiger partial charge >= 0.3 is 0 Å². The van der Waals surface area contributed by atoms with Crippen molar-refractivity contribution in [3.8, 4) is 0 Å². The molecule has 0 fully saturated rings. The number of nitrogens with zero attached hydrogens (tertiary/aromatic N) is 1. The normalized spacial score (nSPS) is 8.25. The highest BCUT2D eigenvalue weighted by Gasteiger charge is 2.01. The third-order valence-electron chi connectivity index (χ3n) is 1.16. The molecule has 1 heterocycles. The van der Waals surface area contributed by atoms with Crippen LogP contribution in [0, 0.1) is 0 Å². The molecule has 0 saturated heterocycles. The van der Waals surface area contributed by atoms with E-state index in [1.807, 2.05) is 0 Å². The maximum Gasteiger partial charge on any atom is 0.0649 e. The van der Waals surface area contributed by atoms with E-state index in [0.29, 0.717) is 16.6 Å². The largest absolute Gasteiger partial charge is 0.326 e. The summed E-state index contributed by atoms with van der Waals surface area (Å²) in [5, 5.41) is 1.05. The van der Waals surface area contributed by atoms with Crippen molar-refractivity contribution in [1.29, 1.82) is 0 Å². The number of hydrogen-bond donors (Lipinski definition) is 1. The monoisotopic (exact) mass is 248 g/mol. The van der Waals surface area contributed by atoms with Crippen LogP contribution >= 0.6 is 48.0 Å². The van der Waals surface area contributed by atoms with Gasteiger partial charge in [0.05, 0.1) is 10.0 Å². The van der Waals surface area contributed by atoms with E-state index in [0.717, 1.165) is 5.56 Å². The molecule has 0 aliphatic carbocycles. The Morgan fingerprint density at radius 3 is 1.83 bits per heavy atom. The van der Waals surface area contributed by atoms with E-state index in [1.165, 1.54) is 12.4 Å². The summed E-state index contributed by atoms with van der Waals surface area (Å²) in [6.07, 6.45) is 3.05. The van der Waals surface area contributed by atoms with E-state index >= 15 is 0 Å². The van der Waals surface area contributed by atoms with Crippen LogP contribution in [-0.2, 0) is 6.54 Å². The third kappa shape index (κ3) is 3.33. The maximum atomic E-state index is 5.70. The molecule has 70 valence electrons. The molecule has 1 aromatic heterocycles. The molecule has 2 nitrogen and oxygen atoms in total. The van der Waals surface area contributed by atoms with Gasteiger partial charge in [0.1, 0.15) is 0 Å². The molecule has 0 bridgehead atoms. The molecule has 0 aliphatic heterocycles. The van der Waals surface area contributed by atoms with Gasteiger partial charge in [0.15, 0.2) is 0 Å². The Labute approximate surface area is 93.3 Å². The van der Waals surface area contributed by atoms with Crippen molar-refractivity contribution < 1.29 is 0 Å². The number of nitrogens with two attached hydrogens (primary N) is 1. The van der Waals surface area contributed by atoms with Crippen LogP contribution in [0.1, 0.15) is 5.56 Å². The van der Waals surface area contributed by atoms with E-state index in [-0.39, 0.29) is 24.8 Å².